The van der Waals surface area contributed by atoms with E-state index in [9.17, 15) is 0 Å². The molecule has 0 atom stereocenters. The zero-order valence-corrected chi connectivity index (χ0v) is 10.6. The third kappa shape index (κ3) is 3.65. The highest BCUT2D eigenvalue weighted by molar-refractivity contribution is 7.99. The van der Waals surface area contributed by atoms with Crippen LogP contribution >= 0.6 is 11.8 Å². The molecule has 0 aliphatic rings. The van der Waals surface area contributed by atoms with Crippen LogP contribution in [-0.2, 0) is 0 Å². The van der Waals surface area contributed by atoms with Crippen molar-refractivity contribution in [1.29, 1.82) is 0 Å². The van der Waals surface area contributed by atoms with Crippen molar-refractivity contribution >= 4 is 22.5 Å². The Morgan fingerprint density at radius 3 is 2.65 bits per heavy atom. The fourth-order valence-corrected chi connectivity index (χ4v) is 2.23. The van der Waals surface area contributed by atoms with Gasteiger partial charge in [-0.1, -0.05) is 30.3 Å². The summed E-state index contributed by atoms with van der Waals surface area (Å²) in [4.78, 5) is 0. The van der Waals surface area contributed by atoms with Crippen LogP contribution in [0.1, 0.15) is 0 Å². The van der Waals surface area contributed by atoms with Crippen molar-refractivity contribution in [3.63, 3.8) is 0 Å². The van der Waals surface area contributed by atoms with E-state index in [1.54, 1.807) is 0 Å². The van der Waals surface area contributed by atoms with Crippen LogP contribution in [0.5, 0.6) is 5.75 Å². The second-order valence-electron chi connectivity index (χ2n) is 3.76. The van der Waals surface area contributed by atoms with Gasteiger partial charge in [0.25, 0.3) is 0 Å². The van der Waals surface area contributed by atoms with E-state index in [-0.39, 0.29) is 0 Å². The topological polar surface area (TPSA) is 35.2 Å². The summed E-state index contributed by atoms with van der Waals surface area (Å²) < 4.78 is 5.70. The molecule has 2 aromatic carbocycles. The number of ether oxygens (including phenoxy) is 1. The summed E-state index contributed by atoms with van der Waals surface area (Å²) in [6, 6.07) is 14.5. The van der Waals surface area contributed by atoms with Gasteiger partial charge in [-0.05, 0) is 22.9 Å². The van der Waals surface area contributed by atoms with Crippen LogP contribution in [0.4, 0.5) is 0 Å². The van der Waals surface area contributed by atoms with Gasteiger partial charge in [-0.25, -0.2) is 0 Å². The summed E-state index contributed by atoms with van der Waals surface area (Å²) in [5.74, 6) is 2.93. The molecule has 2 rings (SSSR count). The Hall–Kier alpha value is -1.19. The second-order valence-corrected chi connectivity index (χ2v) is 4.98. The van der Waals surface area contributed by atoms with Gasteiger partial charge in [0.1, 0.15) is 5.75 Å². The molecule has 0 heterocycles. The number of hydrogen-bond acceptors (Lipinski definition) is 3. The van der Waals surface area contributed by atoms with E-state index >= 15 is 0 Å². The first-order valence-corrected chi connectivity index (χ1v) is 6.95. The molecule has 0 amide bonds. The molecule has 0 spiro atoms. The Balaban J connectivity index is 1.90. The standard InChI is InChI=1S/C14H17NOS/c15-7-9-17-10-8-16-14-6-5-12-3-1-2-4-13(12)11-14/h1-6,11H,7-10,15H2. The molecule has 0 saturated carbocycles. The molecule has 0 bridgehead atoms. The molecule has 0 unspecified atom stereocenters. The average molecular weight is 247 g/mol. The minimum Gasteiger partial charge on any atom is -0.493 e. The molecule has 3 heteroatoms. The Morgan fingerprint density at radius 2 is 1.82 bits per heavy atom. The Kier molecular flexibility index (Phi) is 4.71. The van der Waals surface area contributed by atoms with Gasteiger partial charge in [0, 0.05) is 18.1 Å². The first kappa shape index (κ1) is 12.3. The van der Waals surface area contributed by atoms with Gasteiger partial charge in [-0.15, -0.1) is 0 Å². The smallest absolute Gasteiger partial charge is 0.119 e. The molecule has 2 aromatic rings. The summed E-state index contributed by atoms with van der Waals surface area (Å²) in [6.45, 7) is 1.48. The van der Waals surface area contributed by atoms with Gasteiger partial charge in [0.15, 0.2) is 0 Å². The molecule has 0 fully saturated rings. The quantitative estimate of drug-likeness (QED) is 0.797. The van der Waals surface area contributed by atoms with Crippen LogP contribution in [0.25, 0.3) is 10.8 Å². The van der Waals surface area contributed by atoms with Gasteiger partial charge in [0.05, 0.1) is 6.61 Å². The molecule has 2 nitrogen and oxygen atoms in total. The first-order valence-electron chi connectivity index (χ1n) is 5.79. The molecular weight excluding hydrogens is 230 g/mol. The van der Waals surface area contributed by atoms with Gasteiger partial charge < -0.3 is 10.5 Å². The minimum atomic E-state index is 0.737. The molecule has 0 saturated heterocycles. The summed E-state index contributed by atoms with van der Waals surface area (Å²) in [5.41, 5.74) is 5.42. The highest BCUT2D eigenvalue weighted by Crippen LogP contribution is 2.20. The van der Waals surface area contributed by atoms with E-state index < -0.39 is 0 Å². The lowest BCUT2D eigenvalue weighted by molar-refractivity contribution is 0.344. The van der Waals surface area contributed by atoms with Gasteiger partial charge in [0.2, 0.25) is 0 Å². The van der Waals surface area contributed by atoms with Crippen molar-refractivity contribution in [3.05, 3.63) is 42.5 Å². The molecule has 0 aliphatic heterocycles. The maximum atomic E-state index is 5.70. The van der Waals surface area contributed by atoms with Crippen LogP contribution in [0.3, 0.4) is 0 Å². The Bertz CT molecular complexity index is 472. The minimum absolute atomic E-state index is 0.737. The van der Waals surface area contributed by atoms with Crippen molar-refractivity contribution in [2.24, 2.45) is 5.73 Å². The predicted molar refractivity (Wildman–Crippen MR) is 75.8 cm³/mol. The molecule has 17 heavy (non-hydrogen) atoms. The van der Waals surface area contributed by atoms with Gasteiger partial charge in [-0.2, -0.15) is 11.8 Å². The van der Waals surface area contributed by atoms with E-state index in [4.69, 9.17) is 10.5 Å². The fourth-order valence-electron chi connectivity index (χ4n) is 1.66. The lowest BCUT2D eigenvalue weighted by atomic mass is 10.1. The summed E-state index contributed by atoms with van der Waals surface area (Å²) in [6.07, 6.45) is 0. The third-order valence-electron chi connectivity index (χ3n) is 2.48. The number of nitrogens with two attached hydrogens (primary N) is 1. The number of benzene rings is 2. The highest BCUT2D eigenvalue weighted by Gasteiger charge is 1.96. The molecule has 2 N–H and O–H groups in total. The Labute approximate surface area is 106 Å². The van der Waals surface area contributed by atoms with Crippen molar-refractivity contribution < 1.29 is 4.74 Å². The molecule has 0 aliphatic carbocycles. The number of fused-ring (bicyclic) bond motifs is 1. The largest absolute Gasteiger partial charge is 0.493 e. The fraction of sp³-hybridized carbons (Fsp3) is 0.286. The van der Waals surface area contributed by atoms with Crippen molar-refractivity contribution in [2.75, 3.05) is 24.7 Å². The van der Waals surface area contributed by atoms with E-state index in [1.165, 1.54) is 10.8 Å². The lowest BCUT2D eigenvalue weighted by Crippen LogP contribution is -2.05. The Morgan fingerprint density at radius 1 is 1.00 bits per heavy atom. The SMILES string of the molecule is NCCSCCOc1ccc2ccccc2c1. The maximum absolute atomic E-state index is 5.70. The summed E-state index contributed by atoms with van der Waals surface area (Å²) in [5, 5.41) is 2.47. The van der Waals surface area contributed by atoms with Crippen LogP contribution in [-0.4, -0.2) is 24.7 Å². The average Bonchev–Trinajstić information content (AvgIpc) is 2.38. The maximum Gasteiger partial charge on any atom is 0.119 e. The number of thioether (sulfide) groups is 1. The zero-order chi connectivity index (χ0) is 11.9. The third-order valence-corrected chi connectivity index (χ3v) is 3.46. The van der Waals surface area contributed by atoms with Crippen LogP contribution in [0.2, 0.25) is 0 Å². The van der Waals surface area contributed by atoms with Crippen LogP contribution in [0.15, 0.2) is 42.5 Å². The van der Waals surface area contributed by atoms with Crippen molar-refractivity contribution in [1.82, 2.24) is 0 Å². The predicted octanol–water partition coefficient (Wildman–Crippen LogP) is 2.91. The monoisotopic (exact) mass is 247 g/mol. The molecule has 0 radical (unpaired) electrons. The van der Waals surface area contributed by atoms with E-state index in [1.807, 2.05) is 30.0 Å². The van der Waals surface area contributed by atoms with Gasteiger partial charge >= 0.3 is 0 Å². The molecule has 0 aromatic heterocycles. The lowest BCUT2D eigenvalue weighted by Gasteiger charge is -2.06. The second kappa shape index (κ2) is 6.52. The van der Waals surface area contributed by atoms with E-state index in [2.05, 4.69) is 24.3 Å². The van der Waals surface area contributed by atoms with E-state index in [0.717, 1.165) is 30.4 Å². The molecular formula is C14H17NOS. The van der Waals surface area contributed by atoms with Crippen LogP contribution < -0.4 is 10.5 Å². The van der Waals surface area contributed by atoms with Crippen molar-refractivity contribution in [3.8, 4) is 5.75 Å². The molecule has 90 valence electrons. The zero-order valence-electron chi connectivity index (χ0n) is 9.76. The normalized spacial score (nSPS) is 10.6. The highest BCUT2D eigenvalue weighted by atomic mass is 32.2. The first-order chi connectivity index (χ1) is 8.40. The van der Waals surface area contributed by atoms with Gasteiger partial charge in [-0.3, -0.25) is 0 Å². The summed E-state index contributed by atoms with van der Waals surface area (Å²) >= 11 is 1.83. The van der Waals surface area contributed by atoms with E-state index in [0.29, 0.717) is 0 Å². The number of hydrogen-bond donors (Lipinski definition) is 1. The van der Waals surface area contributed by atoms with Crippen LogP contribution in [0, 0.1) is 0 Å². The summed E-state index contributed by atoms with van der Waals surface area (Å²) in [7, 11) is 0. The van der Waals surface area contributed by atoms with Crippen molar-refractivity contribution in [2.45, 2.75) is 0 Å². The number of rotatable bonds is 6.